The van der Waals surface area contributed by atoms with Gasteiger partial charge in [-0.3, -0.25) is 4.72 Å². The fourth-order valence-electron chi connectivity index (χ4n) is 3.59. The molecule has 0 aliphatic heterocycles. The number of H-pyrrole nitrogens is 1. The smallest absolute Gasteiger partial charge is 0.229 e. The highest BCUT2D eigenvalue weighted by molar-refractivity contribution is 7.92. The first-order chi connectivity index (χ1) is 15.3. The Kier molecular flexibility index (Phi) is 6.22. The Labute approximate surface area is 185 Å². The standard InChI is InChI=1S/C23H25N3O5S/c1-32(29,30)26-16-4-2-3-15(11-16)23(28)14-24-9-10-31-18-6-8-20-19-7-5-17(27)12-21(19)25-22(20)13-18/h2-8,11-13,23-28H,9-10,14H2,1H3. The summed E-state index contributed by atoms with van der Waals surface area (Å²) in [7, 11) is -3.37. The molecule has 3 aromatic carbocycles. The zero-order valence-electron chi connectivity index (χ0n) is 17.5. The molecule has 168 valence electrons. The van der Waals surface area contributed by atoms with Crippen molar-refractivity contribution in [3.8, 4) is 11.5 Å². The fourth-order valence-corrected chi connectivity index (χ4v) is 4.14. The summed E-state index contributed by atoms with van der Waals surface area (Å²) in [6, 6.07) is 17.7. The van der Waals surface area contributed by atoms with Gasteiger partial charge in [0.15, 0.2) is 0 Å². The second-order valence-electron chi connectivity index (χ2n) is 7.63. The molecule has 1 heterocycles. The second kappa shape index (κ2) is 9.07. The largest absolute Gasteiger partial charge is 0.508 e. The van der Waals surface area contributed by atoms with Gasteiger partial charge in [0.2, 0.25) is 10.0 Å². The van der Waals surface area contributed by atoms with Crippen molar-refractivity contribution in [1.29, 1.82) is 0 Å². The molecular weight excluding hydrogens is 430 g/mol. The topological polar surface area (TPSA) is 124 Å². The van der Waals surface area contributed by atoms with Crippen LogP contribution >= 0.6 is 0 Å². The summed E-state index contributed by atoms with van der Waals surface area (Å²) in [6.45, 7) is 1.24. The number of phenols is 1. The lowest BCUT2D eigenvalue weighted by Gasteiger charge is -2.14. The first kappa shape index (κ1) is 21.9. The van der Waals surface area contributed by atoms with Gasteiger partial charge in [0.05, 0.1) is 23.4 Å². The van der Waals surface area contributed by atoms with E-state index in [2.05, 4.69) is 15.0 Å². The van der Waals surface area contributed by atoms with Crippen molar-refractivity contribution in [3.05, 3.63) is 66.2 Å². The Morgan fingerprint density at radius 2 is 1.78 bits per heavy atom. The van der Waals surface area contributed by atoms with Gasteiger partial charge in [-0.25, -0.2) is 8.42 Å². The summed E-state index contributed by atoms with van der Waals surface area (Å²) < 4.78 is 30.9. The number of sulfonamides is 1. The molecule has 4 aromatic rings. The molecule has 0 radical (unpaired) electrons. The summed E-state index contributed by atoms with van der Waals surface area (Å²) in [5.74, 6) is 0.933. The number of hydrogen-bond acceptors (Lipinski definition) is 6. The number of aromatic hydroxyl groups is 1. The van der Waals surface area contributed by atoms with Crippen LogP contribution in [0.15, 0.2) is 60.7 Å². The number of hydrogen-bond donors (Lipinski definition) is 5. The van der Waals surface area contributed by atoms with Crippen LogP contribution < -0.4 is 14.8 Å². The van der Waals surface area contributed by atoms with Crippen molar-refractivity contribution in [1.82, 2.24) is 10.3 Å². The average Bonchev–Trinajstić information content (AvgIpc) is 3.08. The number of fused-ring (bicyclic) bond motifs is 3. The van der Waals surface area contributed by atoms with E-state index in [0.29, 0.717) is 30.9 Å². The van der Waals surface area contributed by atoms with Gasteiger partial charge in [0.25, 0.3) is 0 Å². The molecule has 0 aliphatic rings. The quantitative estimate of drug-likeness (QED) is 0.247. The zero-order chi connectivity index (χ0) is 22.7. The number of benzene rings is 3. The molecule has 0 aliphatic carbocycles. The van der Waals surface area contributed by atoms with Gasteiger partial charge in [0, 0.05) is 41.7 Å². The van der Waals surface area contributed by atoms with Gasteiger partial charge >= 0.3 is 0 Å². The van der Waals surface area contributed by atoms with Crippen molar-refractivity contribution in [2.75, 3.05) is 30.7 Å². The van der Waals surface area contributed by atoms with Crippen LogP contribution in [0.25, 0.3) is 21.8 Å². The number of aliphatic hydroxyl groups is 1. The van der Waals surface area contributed by atoms with E-state index in [1.54, 1.807) is 36.4 Å². The lowest BCUT2D eigenvalue weighted by atomic mass is 10.1. The van der Waals surface area contributed by atoms with E-state index in [4.69, 9.17) is 4.74 Å². The second-order valence-corrected chi connectivity index (χ2v) is 9.38. The van der Waals surface area contributed by atoms with Crippen molar-refractivity contribution in [2.24, 2.45) is 0 Å². The van der Waals surface area contributed by atoms with Gasteiger partial charge in [-0.05, 0) is 42.0 Å². The van der Waals surface area contributed by atoms with E-state index >= 15 is 0 Å². The number of ether oxygens (including phenoxy) is 1. The number of nitrogens with one attached hydrogen (secondary N) is 3. The molecule has 32 heavy (non-hydrogen) atoms. The van der Waals surface area contributed by atoms with Crippen molar-refractivity contribution >= 4 is 37.5 Å². The number of phenolic OH excluding ortho intramolecular Hbond substituents is 1. The average molecular weight is 456 g/mol. The van der Waals surface area contributed by atoms with E-state index in [0.717, 1.165) is 33.8 Å². The van der Waals surface area contributed by atoms with Crippen LogP contribution in [0.3, 0.4) is 0 Å². The van der Waals surface area contributed by atoms with Crippen LogP contribution in [0, 0.1) is 0 Å². The van der Waals surface area contributed by atoms with E-state index < -0.39 is 16.1 Å². The normalized spacial score (nSPS) is 12.8. The molecule has 5 N–H and O–H groups in total. The van der Waals surface area contributed by atoms with Gasteiger partial charge in [-0.1, -0.05) is 12.1 Å². The zero-order valence-corrected chi connectivity index (χ0v) is 18.3. The highest BCUT2D eigenvalue weighted by atomic mass is 32.2. The maximum absolute atomic E-state index is 11.4. The molecule has 0 fully saturated rings. The molecule has 0 bridgehead atoms. The monoisotopic (exact) mass is 455 g/mol. The molecule has 4 rings (SSSR count). The molecular formula is C23H25N3O5S. The Bertz CT molecular complexity index is 1350. The minimum absolute atomic E-state index is 0.215. The number of aromatic amines is 1. The molecule has 8 nitrogen and oxygen atoms in total. The van der Waals surface area contributed by atoms with Crippen molar-refractivity contribution < 1.29 is 23.4 Å². The van der Waals surface area contributed by atoms with Gasteiger partial charge in [0.1, 0.15) is 18.1 Å². The lowest BCUT2D eigenvalue weighted by molar-refractivity contribution is 0.172. The third-order valence-corrected chi connectivity index (χ3v) is 5.62. The highest BCUT2D eigenvalue weighted by Crippen LogP contribution is 2.30. The Morgan fingerprint density at radius 3 is 2.56 bits per heavy atom. The van der Waals surface area contributed by atoms with E-state index in [1.165, 1.54) is 0 Å². The van der Waals surface area contributed by atoms with Crippen LogP contribution in [-0.4, -0.2) is 49.6 Å². The summed E-state index contributed by atoms with van der Waals surface area (Å²) >= 11 is 0. The van der Waals surface area contributed by atoms with Gasteiger partial charge in [-0.15, -0.1) is 0 Å². The number of rotatable bonds is 9. The summed E-state index contributed by atoms with van der Waals surface area (Å²) in [6.07, 6.45) is 0.300. The molecule has 0 spiro atoms. The third-order valence-electron chi connectivity index (χ3n) is 5.01. The predicted octanol–water partition coefficient (Wildman–Crippen LogP) is 3.10. The number of aliphatic hydroxyl groups excluding tert-OH is 1. The van der Waals surface area contributed by atoms with Gasteiger partial charge in [-0.2, -0.15) is 0 Å². The van der Waals surface area contributed by atoms with Crippen LogP contribution in [0.1, 0.15) is 11.7 Å². The number of anilines is 1. The molecule has 1 aromatic heterocycles. The SMILES string of the molecule is CS(=O)(=O)Nc1cccc(C(O)CNCCOc2ccc3c(c2)[nH]c2cc(O)ccc23)c1. The molecule has 0 amide bonds. The van der Waals surface area contributed by atoms with Crippen molar-refractivity contribution in [3.63, 3.8) is 0 Å². The van der Waals surface area contributed by atoms with E-state index in [-0.39, 0.29) is 5.75 Å². The molecule has 0 saturated carbocycles. The number of aromatic nitrogens is 1. The first-order valence-electron chi connectivity index (χ1n) is 10.1. The minimum Gasteiger partial charge on any atom is -0.508 e. The first-order valence-corrected chi connectivity index (χ1v) is 12.0. The van der Waals surface area contributed by atoms with Gasteiger partial charge < -0.3 is 25.3 Å². The Balaban J connectivity index is 1.28. The Hall–Kier alpha value is -3.27. The summed E-state index contributed by atoms with van der Waals surface area (Å²) in [5.41, 5.74) is 2.81. The third kappa shape index (κ3) is 5.31. The molecule has 9 heteroatoms. The molecule has 0 saturated heterocycles. The van der Waals surface area contributed by atoms with E-state index in [9.17, 15) is 18.6 Å². The van der Waals surface area contributed by atoms with Crippen LogP contribution in [0.5, 0.6) is 11.5 Å². The maximum Gasteiger partial charge on any atom is 0.229 e. The highest BCUT2D eigenvalue weighted by Gasteiger charge is 2.10. The Morgan fingerprint density at radius 1 is 1.03 bits per heavy atom. The molecule has 1 unspecified atom stereocenters. The van der Waals surface area contributed by atoms with Crippen molar-refractivity contribution in [2.45, 2.75) is 6.10 Å². The van der Waals surface area contributed by atoms with Crippen LogP contribution in [0.2, 0.25) is 0 Å². The fraction of sp³-hybridized carbons (Fsp3) is 0.217. The summed E-state index contributed by atoms with van der Waals surface area (Å²) in [5, 5.41) is 25.2. The van der Waals surface area contributed by atoms with Crippen LogP contribution in [-0.2, 0) is 10.0 Å². The summed E-state index contributed by atoms with van der Waals surface area (Å²) in [4.78, 5) is 3.28. The van der Waals surface area contributed by atoms with E-state index in [1.807, 2.05) is 24.3 Å². The lowest BCUT2D eigenvalue weighted by Crippen LogP contribution is -2.26. The predicted molar refractivity (Wildman–Crippen MR) is 126 cm³/mol. The van der Waals surface area contributed by atoms with Crippen LogP contribution in [0.4, 0.5) is 5.69 Å². The maximum atomic E-state index is 11.4. The minimum atomic E-state index is -3.37. The molecule has 1 atom stereocenters.